The van der Waals surface area contributed by atoms with Crippen molar-refractivity contribution in [3.63, 3.8) is 0 Å². The Labute approximate surface area is 108 Å². The number of carbonyl (C=O) groups is 1. The lowest BCUT2D eigenvalue weighted by Crippen LogP contribution is -2.46. The summed E-state index contributed by atoms with van der Waals surface area (Å²) in [5.74, 6) is 0.177. The van der Waals surface area contributed by atoms with Crippen LogP contribution in [0.3, 0.4) is 0 Å². The smallest absolute Gasteiger partial charge is 0.255 e. The Morgan fingerprint density at radius 2 is 2.22 bits per heavy atom. The normalized spacial score (nSPS) is 26.9. The Hall–Kier alpha value is -1.29. The van der Waals surface area contributed by atoms with Gasteiger partial charge in [-0.05, 0) is 12.5 Å². The summed E-state index contributed by atoms with van der Waals surface area (Å²) in [6, 6.07) is 2.98. The molecule has 1 aliphatic heterocycles. The summed E-state index contributed by atoms with van der Waals surface area (Å²) >= 11 is 0. The average molecular weight is 247 g/mol. The van der Waals surface area contributed by atoms with Gasteiger partial charge in [-0.25, -0.2) is 0 Å². The van der Waals surface area contributed by atoms with Gasteiger partial charge in [0.1, 0.15) is 0 Å². The molecule has 1 aliphatic carbocycles. The summed E-state index contributed by atoms with van der Waals surface area (Å²) < 4.78 is 0. The third kappa shape index (κ3) is 1.94. The van der Waals surface area contributed by atoms with Gasteiger partial charge in [-0.2, -0.15) is 0 Å². The number of nitrogens with zero attached hydrogens (tertiary/aromatic N) is 1. The molecule has 0 aromatic carbocycles. The summed E-state index contributed by atoms with van der Waals surface area (Å²) in [6.07, 6.45) is 2.96. The van der Waals surface area contributed by atoms with Crippen molar-refractivity contribution in [1.82, 2.24) is 15.2 Å². The molecule has 2 atom stereocenters. The molecular formula is C14H21N3O. The van der Waals surface area contributed by atoms with Crippen LogP contribution < -0.4 is 5.32 Å². The van der Waals surface area contributed by atoms with Crippen molar-refractivity contribution in [3.8, 4) is 0 Å². The second-order valence-electron chi connectivity index (χ2n) is 6.41. The van der Waals surface area contributed by atoms with E-state index in [2.05, 4.69) is 31.1 Å². The van der Waals surface area contributed by atoms with Crippen LogP contribution in [-0.2, 0) is 5.41 Å². The van der Waals surface area contributed by atoms with Crippen molar-refractivity contribution in [1.29, 1.82) is 0 Å². The van der Waals surface area contributed by atoms with Gasteiger partial charge < -0.3 is 15.2 Å². The molecule has 2 N–H and O–H groups in total. The van der Waals surface area contributed by atoms with Gasteiger partial charge in [0.15, 0.2) is 0 Å². The van der Waals surface area contributed by atoms with E-state index in [1.54, 1.807) is 0 Å². The van der Waals surface area contributed by atoms with Gasteiger partial charge in [0, 0.05) is 42.5 Å². The van der Waals surface area contributed by atoms with E-state index in [0.717, 1.165) is 30.8 Å². The van der Waals surface area contributed by atoms with E-state index >= 15 is 0 Å². The minimum absolute atomic E-state index is 0.0596. The molecule has 3 rings (SSSR count). The molecule has 18 heavy (non-hydrogen) atoms. The quantitative estimate of drug-likeness (QED) is 0.790. The van der Waals surface area contributed by atoms with Gasteiger partial charge in [0.05, 0.1) is 5.56 Å². The van der Waals surface area contributed by atoms with Gasteiger partial charge in [-0.15, -0.1) is 0 Å². The Balaban J connectivity index is 1.78. The van der Waals surface area contributed by atoms with Crippen molar-refractivity contribution >= 4 is 5.91 Å². The lowest BCUT2D eigenvalue weighted by Gasteiger charge is -2.26. The molecule has 98 valence electrons. The Morgan fingerprint density at radius 3 is 2.89 bits per heavy atom. The average Bonchev–Trinajstić information content (AvgIpc) is 2.92. The number of hydrogen-bond acceptors (Lipinski definition) is 2. The zero-order valence-electron chi connectivity index (χ0n) is 11.3. The van der Waals surface area contributed by atoms with Crippen LogP contribution in [-0.4, -0.2) is 41.0 Å². The van der Waals surface area contributed by atoms with Crippen molar-refractivity contribution in [2.24, 2.45) is 0 Å². The highest BCUT2D eigenvalue weighted by Gasteiger charge is 2.46. The maximum atomic E-state index is 12.5. The topological polar surface area (TPSA) is 48.1 Å². The number of rotatable bonds is 1. The predicted octanol–water partition coefficient (Wildman–Crippen LogP) is 1.50. The van der Waals surface area contributed by atoms with Gasteiger partial charge in [0.25, 0.3) is 5.91 Å². The van der Waals surface area contributed by atoms with Crippen molar-refractivity contribution < 1.29 is 4.79 Å². The molecule has 2 heterocycles. The number of aromatic nitrogens is 1. The van der Waals surface area contributed by atoms with Crippen LogP contribution in [0.25, 0.3) is 0 Å². The van der Waals surface area contributed by atoms with Gasteiger partial charge in [-0.3, -0.25) is 4.79 Å². The summed E-state index contributed by atoms with van der Waals surface area (Å²) in [5.41, 5.74) is 1.98. The zero-order valence-corrected chi connectivity index (χ0v) is 11.3. The first-order chi connectivity index (χ1) is 8.47. The van der Waals surface area contributed by atoms with Crippen LogP contribution in [0.15, 0.2) is 12.3 Å². The van der Waals surface area contributed by atoms with E-state index in [1.807, 2.05) is 17.2 Å². The molecule has 2 aliphatic rings. The number of nitrogens with one attached hydrogen (secondary N) is 2. The van der Waals surface area contributed by atoms with Gasteiger partial charge >= 0.3 is 0 Å². The molecule has 1 saturated carbocycles. The fraction of sp³-hybridized carbons (Fsp3) is 0.643. The highest BCUT2D eigenvalue weighted by Crippen LogP contribution is 2.32. The van der Waals surface area contributed by atoms with Crippen molar-refractivity contribution in [3.05, 3.63) is 23.5 Å². The number of aromatic amines is 1. The largest absolute Gasteiger partial charge is 0.364 e. The molecule has 4 heteroatoms. The van der Waals surface area contributed by atoms with Crippen LogP contribution >= 0.6 is 0 Å². The maximum Gasteiger partial charge on any atom is 0.255 e. The van der Waals surface area contributed by atoms with E-state index in [-0.39, 0.29) is 11.3 Å². The lowest BCUT2D eigenvalue weighted by molar-refractivity contribution is 0.0719. The molecule has 1 aromatic heterocycles. The summed E-state index contributed by atoms with van der Waals surface area (Å²) in [4.78, 5) is 17.7. The number of carbonyl (C=O) groups excluding carboxylic acids is 1. The van der Waals surface area contributed by atoms with E-state index in [1.165, 1.54) is 0 Å². The molecule has 4 nitrogen and oxygen atoms in total. The van der Waals surface area contributed by atoms with Crippen LogP contribution in [0.5, 0.6) is 0 Å². The van der Waals surface area contributed by atoms with Crippen LogP contribution in [0.1, 0.15) is 43.2 Å². The second kappa shape index (κ2) is 3.85. The van der Waals surface area contributed by atoms with Gasteiger partial charge in [-0.1, -0.05) is 20.8 Å². The molecule has 0 spiro atoms. The molecular weight excluding hydrogens is 226 g/mol. The first-order valence-electron chi connectivity index (χ1n) is 6.70. The molecule has 2 unspecified atom stereocenters. The second-order valence-corrected chi connectivity index (χ2v) is 6.41. The highest BCUT2D eigenvalue weighted by molar-refractivity contribution is 5.95. The van der Waals surface area contributed by atoms with E-state index in [9.17, 15) is 4.79 Å². The molecule has 2 fully saturated rings. The molecule has 1 saturated heterocycles. The molecule has 0 bridgehead atoms. The molecule has 1 amide bonds. The molecule has 1 aromatic rings. The third-order valence-electron chi connectivity index (χ3n) is 3.92. The lowest BCUT2D eigenvalue weighted by atomic mass is 9.92. The van der Waals surface area contributed by atoms with Crippen molar-refractivity contribution in [2.45, 2.75) is 44.7 Å². The fourth-order valence-corrected chi connectivity index (χ4v) is 2.65. The SMILES string of the molecule is CC(C)(C)c1cc(C(=O)N2CCNC3CC32)c[nH]1. The Morgan fingerprint density at radius 1 is 1.44 bits per heavy atom. The predicted molar refractivity (Wildman–Crippen MR) is 70.7 cm³/mol. The first-order valence-corrected chi connectivity index (χ1v) is 6.70. The number of piperazine rings is 1. The van der Waals surface area contributed by atoms with Crippen LogP contribution in [0.2, 0.25) is 0 Å². The molecule has 0 radical (unpaired) electrons. The monoisotopic (exact) mass is 247 g/mol. The zero-order chi connectivity index (χ0) is 12.9. The van der Waals surface area contributed by atoms with Gasteiger partial charge in [0.2, 0.25) is 0 Å². The standard InChI is InChI=1S/C14H21N3O/c1-14(2,3)12-6-9(8-16-12)13(18)17-5-4-15-10-7-11(10)17/h6,8,10-11,15-16H,4-5,7H2,1-3H3. The first kappa shape index (κ1) is 11.8. The Kier molecular flexibility index (Phi) is 2.52. The number of H-pyrrole nitrogens is 1. The fourth-order valence-electron chi connectivity index (χ4n) is 2.65. The minimum Gasteiger partial charge on any atom is -0.364 e. The summed E-state index contributed by atoms with van der Waals surface area (Å²) in [7, 11) is 0. The van der Waals surface area contributed by atoms with E-state index < -0.39 is 0 Å². The van der Waals surface area contributed by atoms with Crippen molar-refractivity contribution in [2.75, 3.05) is 13.1 Å². The minimum atomic E-state index is 0.0596. The number of amides is 1. The maximum absolute atomic E-state index is 12.5. The third-order valence-corrected chi connectivity index (χ3v) is 3.92. The Bertz CT molecular complexity index is 472. The number of fused-ring (bicyclic) bond motifs is 1. The summed E-state index contributed by atoms with van der Waals surface area (Å²) in [5, 5.41) is 3.42. The summed E-state index contributed by atoms with van der Waals surface area (Å²) in [6.45, 7) is 8.19. The highest BCUT2D eigenvalue weighted by atomic mass is 16.2. The van der Waals surface area contributed by atoms with E-state index in [4.69, 9.17) is 0 Å². The number of hydrogen-bond donors (Lipinski definition) is 2. The van der Waals surface area contributed by atoms with Crippen LogP contribution in [0.4, 0.5) is 0 Å². The van der Waals surface area contributed by atoms with Crippen LogP contribution in [0, 0.1) is 0 Å². The van der Waals surface area contributed by atoms with E-state index in [0.29, 0.717) is 12.1 Å².